The van der Waals surface area contributed by atoms with Crippen LogP contribution in [0.4, 0.5) is 17.3 Å². The maximum atomic E-state index is 12.3. The SMILES string of the molecule is COc1ncccc1C(=O)Nc1ccc(Nc2ncccn2)cc1. The summed E-state index contributed by atoms with van der Waals surface area (Å²) in [7, 11) is 1.48. The molecule has 0 aliphatic heterocycles. The molecular weight excluding hydrogens is 306 g/mol. The largest absolute Gasteiger partial charge is 0.480 e. The van der Waals surface area contributed by atoms with Gasteiger partial charge in [0, 0.05) is 30.0 Å². The van der Waals surface area contributed by atoms with Crippen molar-refractivity contribution in [2.75, 3.05) is 17.7 Å². The average Bonchev–Trinajstić information content (AvgIpc) is 2.64. The molecule has 0 saturated heterocycles. The minimum atomic E-state index is -0.285. The van der Waals surface area contributed by atoms with Crippen LogP contribution in [0, 0.1) is 0 Å². The number of rotatable bonds is 5. The molecule has 0 aliphatic rings. The van der Waals surface area contributed by atoms with Gasteiger partial charge in [-0.05, 0) is 42.5 Å². The third-order valence-corrected chi connectivity index (χ3v) is 3.17. The van der Waals surface area contributed by atoms with Crippen molar-refractivity contribution in [3.8, 4) is 5.88 Å². The second-order valence-electron chi connectivity index (χ2n) is 4.79. The minimum Gasteiger partial charge on any atom is -0.480 e. The van der Waals surface area contributed by atoms with Gasteiger partial charge in [0.05, 0.1) is 7.11 Å². The number of hydrogen-bond acceptors (Lipinski definition) is 6. The van der Waals surface area contributed by atoms with Gasteiger partial charge in [-0.1, -0.05) is 0 Å². The van der Waals surface area contributed by atoms with E-state index in [1.165, 1.54) is 7.11 Å². The Balaban J connectivity index is 1.69. The predicted octanol–water partition coefficient (Wildman–Crippen LogP) is 2.88. The predicted molar refractivity (Wildman–Crippen MR) is 90.5 cm³/mol. The number of hydrogen-bond donors (Lipinski definition) is 2. The molecule has 3 aromatic rings. The summed E-state index contributed by atoms with van der Waals surface area (Å²) in [6.45, 7) is 0. The molecule has 2 heterocycles. The van der Waals surface area contributed by atoms with Crippen LogP contribution in [0.1, 0.15) is 10.4 Å². The van der Waals surface area contributed by atoms with Gasteiger partial charge in [0.1, 0.15) is 5.56 Å². The summed E-state index contributed by atoms with van der Waals surface area (Å²) in [6, 6.07) is 12.3. The summed E-state index contributed by atoms with van der Waals surface area (Å²) in [5.74, 6) is 0.510. The highest BCUT2D eigenvalue weighted by Gasteiger charge is 2.12. The number of nitrogens with zero attached hydrogens (tertiary/aromatic N) is 3. The molecule has 2 N–H and O–H groups in total. The summed E-state index contributed by atoms with van der Waals surface area (Å²) < 4.78 is 5.09. The molecule has 0 fully saturated rings. The number of amides is 1. The van der Waals surface area contributed by atoms with Crippen LogP contribution in [0.5, 0.6) is 5.88 Å². The minimum absolute atomic E-state index is 0.285. The smallest absolute Gasteiger partial charge is 0.261 e. The van der Waals surface area contributed by atoms with Crippen molar-refractivity contribution in [2.24, 2.45) is 0 Å². The van der Waals surface area contributed by atoms with Crippen LogP contribution in [0.25, 0.3) is 0 Å². The summed E-state index contributed by atoms with van der Waals surface area (Å²) in [5.41, 5.74) is 1.85. The lowest BCUT2D eigenvalue weighted by atomic mass is 10.2. The highest BCUT2D eigenvalue weighted by Crippen LogP contribution is 2.19. The molecule has 120 valence electrons. The van der Waals surface area contributed by atoms with Gasteiger partial charge in [0.15, 0.2) is 0 Å². The van der Waals surface area contributed by atoms with Crippen LogP contribution < -0.4 is 15.4 Å². The van der Waals surface area contributed by atoms with Gasteiger partial charge >= 0.3 is 0 Å². The summed E-state index contributed by atoms with van der Waals surface area (Å²) >= 11 is 0. The molecule has 0 saturated carbocycles. The second kappa shape index (κ2) is 7.19. The summed E-state index contributed by atoms with van der Waals surface area (Å²) in [6.07, 6.45) is 4.89. The Kier molecular flexibility index (Phi) is 4.62. The number of carbonyl (C=O) groups is 1. The lowest BCUT2D eigenvalue weighted by Crippen LogP contribution is -2.13. The van der Waals surface area contributed by atoms with E-state index in [9.17, 15) is 4.79 Å². The molecule has 7 heteroatoms. The van der Waals surface area contributed by atoms with E-state index in [1.807, 2.05) is 12.1 Å². The van der Waals surface area contributed by atoms with Crippen LogP contribution in [-0.2, 0) is 0 Å². The van der Waals surface area contributed by atoms with Gasteiger partial charge in [-0.2, -0.15) is 0 Å². The lowest BCUT2D eigenvalue weighted by Gasteiger charge is -2.09. The first-order chi connectivity index (χ1) is 11.8. The number of anilines is 3. The third-order valence-electron chi connectivity index (χ3n) is 3.17. The van der Waals surface area contributed by atoms with Crippen molar-refractivity contribution in [3.05, 3.63) is 66.6 Å². The van der Waals surface area contributed by atoms with E-state index in [4.69, 9.17) is 4.74 Å². The highest BCUT2D eigenvalue weighted by molar-refractivity contribution is 6.05. The Bertz CT molecular complexity index is 822. The first-order valence-corrected chi connectivity index (χ1v) is 7.21. The Labute approximate surface area is 138 Å². The Morgan fingerprint density at radius 2 is 1.58 bits per heavy atom. The normalized spacial score (nSPS) is 10.0. The standard InChI is InChI=1S/C17H15N5O2/c1-24-16-14(4-2-9-18-16)15(23)21-12-5-7-13(8-6-12)22-17-19-10-3-11-20-17/h2-11H,1H3,(H,21,23)(H,19,20,22). The first-order valence-electron chi connectivity index (χ1n) is 7.21. The van der Waals surface area contributed by atoms with Gasteiger partial charge in [-0.3, -0.25) is 4.79 Å². The Morgan fingerprint density at radius 1 is 0.917 bits per heavy atom. The Hall–Kier alpha value is -3.48. The van der Waals surface area contributed by atoms with Crippen molar-refractivity contribution < 1.29 is 9.53 Å². The van der Waals surface area contributed by atoms with Gasteiger partial charge in [-0.25, -0.2) is 15.0 Å². The highest BCUT2D eigenvalue weighted by atomic mass is 16.5. The zero-order valence-electron chi connectivity index (χ0n) is 12.9. The summed E-state index contributed by atoms with van der Waals surface area (Å²) in [5, 5.41) is 5.88. The maximum Gasteiger partial charge on any atom is 0.261 e. The zero-order valence-corrected chi connectivity index (χ0v) is 12.9. The van der Waals surface area contributed by atoms with Crippen LogP contribution in [0.3, 0.4) is 0 Å². The van der Waals surface area contributed by atoms with Gasteiger partial charge < -0.3 is 15.4 Å². The number of benzene rings is 1. The van der Waals surface area contributed by atoms with Crippen LogP contribution in [0.2, 0.25) is 0 Å². The molecular formula is C17H15N5O2. The molecule has 24 heavy (non-hydrogen) atoms. The van der Waals surface area contributed by atoms with Gasteiger partial charge in [-0.15, -0.1) is 0 Å². The lowest BCUT2D eigenvalue weighted by molar-refractivity contribution is 0.102. The van der Waals surface area contributed by atoms with E-state index >= 15 is 0 Å². The van der Waals surface area contributed by atoms with Crippen LogP contribution in [-0.4, -0.2) is 28.0 Å². The van der Waals surface area contributed by atoms with Crippen molar-refractivity contribution in [2.45, 2.75) is 0 Å². The third kappa shape index (κ3) is 3.64. The van der Waals surface area contributed by atoms with Crippen molar-refractivity contribution in [1.82, 2.24) is 15.0 Å². The molecule has 0 aliphatic carbocycles. The molecule has 0 spiro atoms. The summed E-state index contributed by atoms with van der Waals surface area (Å²) in [4.78, 5) is 24.5. The van der Waals surface area contributed by atoms with E-state index in [1.54, 1.807) is 48.9 Å². The molecule has 0 unspecified atom stereocenters. The molecule has 0 atom stereocenters. The van der Waals surface area contributed by atoms with E-state index in [0.717, 1.165) is 5.69 Å². The fraction of sp³-hybridized carbons (Fsp3) is 0.0588. The average molecular weight is 321 g/mol. The van der Waals surface area contributed by atoms with E-state index in [0.29, 0.717) is 17.2 Å². The number of pyridine rings is 1. The Morgan fingerprint density at radius 3 is 2.29 bits per heavy atom. The maximum absolute atomic E-state index is 12.3. The zero-order chi connectivity index (χ0) is 16.8. The van der Waals surface area contributed by atoms with Crippen molar-refractivity contribution in [1.29, 1.82) is 0 Å². The van der Waals surface area contributed by atoms with Crippen molar-refractivity contribution >= 4 is 23.2 Å². The topological polar surface area (TPSA) is 89.0 Å². The number of aromatic nitrogens is 3. The number of methoxy groups -OCH3 is 1. The van der Waals surface area contributed by atoms with Gasteiger partial charge in [0.25, 0.3) is 5.91 Å². The number of ether oxygens (including phenoxy) is 1. The van der Waals surface area contributed by atoms with Gasteiger partial charge in [0.2, 0.25) is 11.8 Å². The van der Waals surface area contributed by atoms with Crippen LogP contribution in [0.15, 0.2) is 61.1 Å². The molecule has 1 amide bonds. The molecule has 2 aromatic heterocycles. The molecule has 3 rings (SSSR count). The number of nitrogens with one attached hydrogen (secondary N) is 2. The monoisotopic (exact) mass is 321 g/mol. The van der Waals surface area contributed by atoms with E-state index < -0.39 is 0 Å². The second-order valence-corrected chi connectivity index (χ2v) is 4.79. The molecule has 0 radical (unpaired) electrons. The fourth-order valence-electron chi connectivity index (χ4n) is 2.05. The number of carbonyl (C=O) groups excluding carboxylic acids is 1. The van der Waals surface area contributed by atoms with E-state index in [-0.39, 0.29) is 11.8 Å². The first kappa shape index (κ1) is 15.4. The van der Waals surface area contributed by atoms with Crippen LogP contribution >= 0.6 is 0 Å². The van der Waals surface area contributed by atoms with Crippen molar-refractivity contribution in [3.63, 3.8) is 0 Å². The molecule has 0 bridgehead atoms. The molecule has 7 nitrogen and oxygen atoms in total. The van der Waals surface area contributed by atoms with E-state index in [2.05, 4.69) is 25.6 Å². The quantitative estimate of drug-likeness (QED) is 0.751. The fourth-order valence-corrected chi connectivity index (χ4v) is 2.05. The molecule has 1 aromatic carbocycles.